The molecule has 37 heavy (non-hydrogen) atoms. The summed E-state index contributed by atoms with van der Waals surface area (Å²) in [6.07, 6.45) is -4.81. The van der Waals surface area contributed by atoms with Crippen molar-refractivity contribution >= 4 is 39.1 Å². The Balaban J connectivity index is 1.66. The molecule has 0 fully saturated rings. The SMILES string of the molecule is O=C(Nc1ccc(S(=O)(=O)NCc2cccc(C(=O)O)c2)cc1)Nc1ccc(C(F)(F)F)cc1[N+](=O)[O-]. The van der Waals surface area contributed by atoms with Crippen LogP contribution in [0.3, 0.4) is 0 Å². The van der Waals surface area contributed by atoms with Crippen molar-refractivity contribution in [2.45, 2.75) is 17.6 Å². The Morgan fingerprint density at radius 3 is 2.24 bits per heavy atom. The Labute approximate surface area is 207 Å². The second-order valence-electron chi connectivity index (χ2n) is 7.42. The molecule has 0 spiro atoms. The summed E-state index contributed by atoms with van der Waals surface area (Å²) in [7, 11) is -4.01. The minimum atomic E-state index is -4.81. The molecule has 15 heteroatoms. The summed E-state index contributed by atoms with van der Waals surface area (Å²) < 4.78 is 65.8. The zero-order valence-electron chi connectivity index (χ0n) is 18.4. The van der Waals surface area contributed by atoms with Gasteiger partial charge < -0.3 is 15.7 Å². The standard InChI is InChI=1S/C22H17F3N4O7S/c23-22(24,25)15-4-9-18(19(11-15)29(33)34)28-21(32)27-16-5-7-17(8-6-16)37(35,36)26-12-13-2-1-3-14(10-13)20(30)31/h1-11,26H,12H2,(H,30,31)(H2,27,28,32). The lowest BCUT2D eigenvalue weighted by atomic mass is 10.1. The fourth-order valence-electron chi connectivity index (χ4n) is 3.04. The molecule has 0 saturated heterocycles. The van der Waals surface area contributed by atoms with Crippen LogP contribution in [0.5, 0.6) is 0 Å². The molecule has 4 N–H and O–H groups in total. The molecule has 194 valence electrons. The monoisotopic (exact) mass is 538 g/mol. The van der Waals surface area contributed by atoms with E-state index < -0.39 is 50.1 Å². The normalized spacial score (nSPS) is 11.5. The number of aromatic carboxylic acids is 1. The molecule has 2 amide bonds. The Morgan fingerprint density at radius 2 is 1.65 bits per heavy atom. The molecule has 0 aliphatic heterocycles. The van der Waals surface area contributed by atoms with E-state index in [2.05, 4.69) is 15.4 Å². The number of hydrogen-bond donors (Lipinski definition) is 4. The third kappa shape index (κ3) is 7.02. The molecule has 0 aliphatic carbocycles. The van der Waals surface area contributed by atoms with Gasteiger partial charge in [0.05, 0.1) is 20.9 Å². The first kappa shape index (κ1) is 27.1. The van der Waals surface area contributed by atoms with Crippen LogP contribution in [-0.4, -0.2) is 30.4 Å². The molecule has 0 heterocycles. The van der Waals surface area contributed by atoms with Crippen LogP contribution >= 0.6 is 0 Å². The van der Waals surface area contributed by atoms with E-state index in [1.165, 1.54) is 30.3 Å². The first-order valence-electron chi connectivity index (χ1n) is 10.1. The number of rotatable bonds is 8. The number of benzene rings is 3. The highest BCUT2D eigenvalue weighted by Crippen LogP contribution is 2.35. The van der Waals surface area contributed by atoms with Gasteiger partial charge in [0.25, 0.3) is 5.69 Å². The van der Waals surface area contributed by atoms with Gasteiger partial charge in [-0.05, 0) is 54.1 Å². The zero-order chi connectivity index (χ0) is 27.4. The second kappa shape index (κ2) is 10.6. The van der Waals surface area contributed by atoms with Gasteiger partial charge in [-0.25, -0.2) is 22.7 Å². The number of halogens is 3. The molecule has 3 aromatic carbocycles. The number of carboxylic acid groups (broad SMARTS) is 1. The Morgan fingerprint density at radius 1 is 0.973 bits per heavy atom. The number of amides is 2. The molecule has 0 bridgehead atoms. The number of urea groups is 1. The van der Waals surface area contributed by atoms with Gasteiger partial charge in [0.1, 0.15) is 5.69 Å². The third-order valence-electron chi connectivity index (χ3n) is 4.83. The summed E-state index contributed by atoms with van der Waals surface area (Å²) in [5, 5.41) is 24.5. The number of sulfonamides is 1. The lowest BCUT2D eigenvalue weighted by molar-refractivity contribution is -0.384. The van der Waals surface area contributed by atoms with E-state index in [0.29, 0.717) is 17.7 Å². The average Bonchev–Trinajstić information content (AvgIpc) is 2.82. The van der Waals surface area contributed by atoms with Gasteiger partial charge in [-0.3, -0.25) is 10.1 Å². The molecule has 0 saturated carbocycles. The third-order valence-corrected chi connectivity index (χ3v) is 6.25. The van der Waals surface area contributed by atoms with E-state index in [4.69, 9.17) is 5.11 Å². The molecule has 0 aliphatic rings. The molecule has 0 aromatic heterocycles. The highest BCUT2D eigenvalue weighted by Gasteiger charge is 2.33. The molecule has 3 rings (SSSR count). The van der Waals surface area contributed by atoms with Crippen LogP contribution in [0.15, 0.2) is 71.6 Å². The summed E-state index contributed by atoms with van der Waals surface area (Å²) in [6.45, 7) is -0.183. The summed E-state index contributed by atoms with van der Waals surface area (Å²) in [5.41, 5.74) is -2.22. The van der Waals surface area contributed by atoms with Crippen LogP contribution in [0.25, 0.3) is 0 Å². The maximum atomic E-state index is 12.8. The van der Waals surface area contributed by atoms with Gasteiger partial charge in [0.15, 0.2) is 0 Å². The van der Waals surface area contributed by atoms with E-state index in [0.717, 1.165) is 18.2 Å². The van der Waals surface area contributed by atoms with E-state index in [1.54, 1.807) is 6.07 Å². The molecule has 0 unspecified atom stereocenters. The predicted octanol–water partition coefficient (Wildman–Crippen LogP) is 4.43. The number of hydrogen-bond acceptors (Lipinski definition) is 6. The summed E-state index contributed by atoms with van der Waals surface area (Å²) >= 11 is 0. The number of nitro benzene ring substituents is 1. The van der Waals surface area contributed by atoms with Gasteiger partial charge >= 0.3 is 18.2 Å². The summed E-state index contributed by atoms with van der Waals surface area (Å²) in [4.78, 5) is 33.1. The quantitative estimate of drug-likeness (QED) is 0.243. The number of nitrogens with one attached hydrogen (secondary N) is 3. The summed E-state index contributed by atoms with van der Waals surface area (Å²) in [6, 6.07) is 11.0. The fraction of sp³-hybridized carbons (Fsp3) is 0.0909. The maximum Gasteiger partial charge on any atom is 0.416 e. The van der Waals surface area contributed by atoms with Crippen molar-refractivity contribution in [1.82, 2.24) is 4.72 Å². The van der Waals surface area contributed by atoms with Crippen molar-refractivity contribution < 1.29 is 41.2 Å². The Bertz CT molecular complexity index is 1460. The van der Waals surface area contributed by atoms with Crippen LogP contribution in [0.4, 0.5) is 35.0 Å². The predicted molar refractivity (Wildman–Crippen MR) is 125 cm³/mol. The van der Waals surface area contributed by atoms with Crippen LogP contribution < -0.4 is 15.4 Å². The molecule has 11 nitrogen and oxygen atoms in total. The first-order chi connectivity index (χ1) is 17.3. The maximum absolute atomic E-state index is 12.8. The van der Waals surface area contributed by atoms with Crippen molar-refractivity contribution in [2.75, 3.05) is 10.6 Å². The topological polar surface area (TPSA) is 168 Å². The number of carbonyl (C=O) groups excluding carboxylic acids is 1. The highest BCUT2D eigenvalue weighted by atomic mass is 32.2. The number of alkyl halides is 3. The second-order valence-corrected chi connectivity index (χ2v) is 9.19. The molecule has 3 aromatic rings. The van der Waals surface area contributed by atoms with E-state index in [-0.39, 0.29) is 22.7 Å². The van der Waals surface area contributed by atoms with Crippen molar-refractivity contribution in [1.29, 1.82) is 0 Å². The average molecular weight is 538 g/mol. The van der Waals surface area contributed by atoms with E-state index in [1.807, 2.05) is 0 Å². The van der Waals surface area contributed by atoms with Gasteiger partial charge in [-0.15, -0.1) is 0 Å². The Hall–Kier alpha value is -4.50. The van der Waals surface area contributed by atoms with Crippen LogP contribution in [-0.2, 0) is 22.7 Å². The Kier molecular flexibility index (Phi) is 7.78. The number of carboxylic acids is 1. The molecule has 0 radical (unpaired) electrons. The number of anilines is 2. The van der Waals surface area contributed by atoms with Gasteiger partial charge in [0, 0.05) is 18.3 Å². The first-order valence-corrected chi connectivity index (χ1v) is 11.6. The molecular formula is C22H17F3N4O7S. The lowest BCUT2D eigenvalue weighted by Crippen LogP contribution is -2.23. The van der Waals surface area contributed by atoms with E-state index in [9.17, 15) is 41.3 Å². The lowest BCUT2D eigenvalue weighted by Gasteiger charge is -2.11. The van der Waals surface area contributed by atoms with Crippen LogP contribution in [0.2, 0.25) is 0 Å². The fourth-order valence-corrected chi connectivity index (χ4v) is 4.06. The van der Waals surface area contributed by atoms with Crippen molar-refractivity contribution in [3.8, 4) is 0 Å². The molecule has 0 atom stereocenters. The minimum Gasteiger partial charge on any atom is -0.478 e. The van der Waals surface area contributed by atoms with Gasteiger partial charge in [-0.2, -0.15) is 13.2 Å². The largest absolute Gasteiger partial charge is 0.478 e. The van der Waals surface area contributed by atoms with E-state index >= 15 is 0 Å². The van der Waals surface area contributed by atoms with Crippen LogP contribution in [0.1, 0.15) is 21.5 Å². The summed E-state index contributed by atoms with van der Waals surface area (Å²) in [5.74, 6) is -1.16. The molecular weight excluding hydrogens is 521 g/mol. The smallest absolute Gasteiger partial charge is 0.416 e. The zero-order valence-corrected chi connectivity index (χ0v) is 19.3. The number of nitro groups is 1. The highest BCUT2D eigenvalue weighted by molar-refractivity contribution is 7.89. The van der Waals surface area contributed by atoms with Crippen molar-refractivity contribution in [3.63, 3.8) is 0 Å². The van der Waals surface area contributed by atoms with Gasteiger partial charge in [-0.1, -0.05) is 12.1 Å². The van der Waals surface area contributed by atoms with Gasteiger partial charge in [0.2, 0.25) is 10.0 Å². The number of nitrogens with zero attached hydrogens (tertiary/aromatic N) is 1. The number of carbonyl (C=O) groups is 2. The van der Waals surface area contributed by atoms with Crippen molar-refractivity contribution in [3.05, 3.63) is 93.5 Å². The van der Waals surface area contributed by atoms with Crippen LogP contribution in [0, 0.1) is 10.1 Å². The van der Waals surface area contributed by atoms with Crippen molar-refractivity contribution in [2.24, 2.45) is 0 Å². The minimum absolute atomic E-state index is 0.00738.